The van der Waals surface area contributed by atoms with E-state index < -0.39 is 30.0 Å². The number of amides is 4. The summed E-state index contributed by atoms with van der Waals surface area (Å²) >= 11 is 1.19. The van der Waals surface area contributed by atoms with E-state index in [1.165, 1.54) is 11.3 Å². The number of urea groups is 1. The van der Waals surface area contributed by atoms with E-state index in [0.717, 1.165) is 16.9 Å². The Labute approximate surface area is 177 Å². The molecule has 4 rings (SSSR count). The van der Waals surface area contributed by atoms with Gasteiger partial charge in [0.25, 0.3) is 5.91 Å². The molecule has 1 aromatic carbocycles. The lowest BCUT2D eigenvalue weighted by atomic mass is 9.77. The summed E-state index contributed by atoms with van der Waals surface area (Å²) in [5, 5.41) is 7.46. The predicted octanol–water partition coefficient (Wildman–Crippen LogP) is 3.00. The molecular formula is C21H21N3O5S. The van der Waals surface area contributed by atoms with Gasteiger partial charge in [0, 0.05) is 10.9 Å². The van der Waals surface area contributed by atoms with Gasteiger partial charge in [-0.05, 0) is 31.7 Å². The van der Waals surface area contributed by atoms with Gasteiger partial charge in [0.2, 0.25) is 5.91 Å². The zero-order valence-corrected chi connectivity index (χ0v) is 17.2. The van der Waals surface area contributed by atoms with Gasteiger partial charge in [0.15, 0.2) is 0 Å². The first-order valence-corrected chi connectivity index (χ1v) is 10.6. The maximum absolute atomic E-state index is 12.6. The number of hydrogen-bond acceptors (Lipinski definition) is 6. The maximum Gasteiger partial charge on any atom is 0.341 e. The molecule has 0 radical (unpaired) electrons. The van der Waals surface area contributed by atoms with E-state index in [-0.39, 0.29) is 18.1 Å². The van der Waals surface area contributed by atoms with Crippen molar-refractivity contribution in [2.45, 2.75) is 31.7 Å². The molecule has 156 valence electrons. The molecule has 1 aromatic heterocycles. The van der Waals surface area contributed by atoms with Crippen LogP contribution in [0.1, 0.15) is 36.5 Å². The largest absolute Gasteiger partial charge is 0.462 e. The summed E-state index contributed by atoms with van der Waals surface area (Å²) in [6.07, 6.45) is 2.05. The third kappa shape index (κ3) is 3.45. The molecule has 2 aromatic rings. The summed E-state index contributed by atoms with van der Waals surface area (Å²) in [4.78, 5) is 50.9. The first kappa shape index (κ1) is 20.1. The van der Waals surface area contributed by atoms with Gasteiger partial charge in [-0.15, -0.1) is 11.3 Å². The number of carbonyl (C=O) groups excluding carboxylic acids is 4. The van der Waals surface area contributed by atoms with Gasteiger partial charge in [0.05, 0.1) is 6.61 Å². The minimum absolute atomic E-state index is 0.195. The lowest BCUT2D eigenvalue weighted by molar-refractivity contribution is -0.136. The Kier molecular flexibility index (Phi) is 5.29. The number of rotatable bonds is 6. The van der Waals surface area contributed by atoms with Gasteiger partial charge in [-0.2, -0.15) is 0 Å². The number of ether oxygens (including phenoxy) is 1. The van der Waals surface area contributed by atoms with Gasteiger partial charge in [-0.3, -0.25) is 14.5 Å². The normalized spacial score (nSPS) is 16.9. The molecule has 0 atom stereocenters. The van der Waals surface area contributed by atoms with Gasteiger partial charge >= 0.3 is 12.0 Å². The SMILES string of the molecule is CCOC(=O)c1c(-c2ccccc2)csc1NC(=O)CN1C(=O)NC2(CCC2)C1=O. The van der Waals surface area contributed by atoms with E-state index in [2.05, 4.69) is 10.6 Å². The number of carbonyl (C=O) groups is 4. The molecule has 2 aliphatic rings. The predicted molar refractivity (Wildman–Crippen MR) is 111 cm³/mol. The number of hydrogen-bond donors (Lipinski definition) is 2. The van der Waals surface area contributed by atoms with E-state index in [1.807, 2.05) is 30.3 Å². The molecule has 1 spiro atoms. The monoisotopic (exact) mass is 427 g/mol. The minimum Gasteiger partial charge on any atom is -0.462 e. The fourth-order valence-electron chi connectivity index (χ4n) is 3.68. The first-order chi connectivity index (χ1) is 14.4. The summed E-state index contributed by atoms with van der Waals surface area (Å²) in [5.41, 5.74) is 0.891. The Morgan fingerprint density at radius 1 is 1.23 bits per heavy atom. The van der Waals surface area contributed by atoms with Crippen LogP contribution in [0.5, 0.6) is 0 Å². The molecule has 0 unspecified atom stereocenters. The van der Waals surface area contributed by atoms with Crippen LogP contribution in [0, 0.1) is 0 Å². The molecule has 1 saturated heterocycles. The minimum atomic E-state index is -0.836. The highest BCUT2D eigenvalue weighted by atomic mass is 32.1. The molecule has 1 saturated carbocycles. The molecule has 0 bridgehead atoms. The van der Waals surface area contributed by atoms with Crippen molar-refractivity contribution < 1.29 is 23.9 Å². The third-order valence-corrected chi connectivity index (χ3v) is 6.26. The quantitative estimate of drug-likeness (QED) is 0.545. The summed E-state index contributed by atoms with van der Waals surface area (Å²) in [6, 6.07) is 8.75. The zero-order chi connectivity index (χ0) is 21.3. The van der Waals surface area contributed by atoms with Crippen LogP contribution in [-0.4, -0.2) is 47.4 Å². The Bertz CT molecular complexity index is 1010. The van der Waals surface area contributed by atoms with E-state index in [9.17, 15) is 19.2 Å². The average Bonchev–Trinajstić information content (AvgIpc) is 3.23. The van der Waals surface area contributed by atoms with Crippen molar-refractivity contribution in [2.75, 3.05) is 18.5 Å². The topological polar surface area (TPSA) is 105 Å². The number of anilines is 1. The van der Waals surface area contributed by atoms with E-state index in [4.69, 9.17) is 4.74 Å². The van der Waals surface area contributed by atoms with E-state index in [1.54, 1.807) is 12.3 Å². The van der Waals surface area contributed by atoms with Crippen molar-refractivity contribution in [3.05, 3.63) is 41.3 Å². The number of nitrogens with zero attached hydrogens (tertiary/aromatic N) is 1. The molecule has 4 amide bonds. The highest BCUT2D eigenvalue weighted by Gasteiger charge is 2.54. The van der Waals surface area contributed by atoms with Crippen molar-refractivity contribution in [1.29, 1.82) is 0 Å². The van der Waals surface area contributed by atoms with Crippen LogP contribution in [-0.2, 0) is 14.3 Å². The van der Waals surface area contributed by atoms with Crippen molar-refractivity contribution in [3.63, 3.8) is 0 Å². The molecule has 1 aliphatic heterocycles. The summed E-state index contributed by atoms with van der Waals surface area (Å²) < 4.78 is 5.18. The fraction of sp³-hybridized carbons (Fsp3) is 0.333. The highest BCUT2D eigenvalue weighted by Crippen LogP contribution is 2.38. The Morgan fingerprint density at radius 2 is 1.97 bits per heavy atom. The van der Waals surface area contributed by atoms with Gasteiger partial charge < -0.3 is 15.4 Å². The standard InChI is InChI=1S/C21H21N3O5S/c1-2-29-18(26)16-14(13-7-4-3-5-8-13)12-30-17(16)22-15(25)11-24-19(27)21(9-6-10-21)23-20(24)28/h3-5,7-8,12H,2,6,9-11H2,1H3,(H,22,25)(H,23,28). The number of thiophene rings is 1. The molecule has 8 nitrogen and oxygen atoms in total. The van der Waals surface area contributed by atoms with Crippen LogP contribution in [0.3, 0.4) is 0 Å². The van der Waals surface area contributed by atoms with Crippen LogP contribution in [0.15, 0.2) is 35.7 Å². The second-order valence-corrected chi connectivity index (χ2v) is 8.12. The molecule has 1 aliphatic carbocycles. The Balaban J connectivity index is 1.55. The van der Waals surface area contributed by atoms with Crippen LogP contribution < -0.4 is 10.6 Å². The molecular weight excluding hydrogens is 406 g/mol. The molecule has 2 N–H and O–H groups in total. The van der Waals surface area contributed by atoms with E-state index >= 15 is 0 Å². The van der Waals surface area contributed by atoms with Crippen LogP contribution in [0.4, 0.5) is 9.80 Å². The zero-order valence-electron chi connectivity index (χ0n) is 16.4. The van der Waals surface area contributed by atoms with Gasteiger partial charge in [-0.25, -0.2) is 9.59 Å². The second-order valence-electron chi connectivity index (χ2n) is 7.25. The summed E-state index contributed by atoms with van der Waals surface area (Å²) in [6.45, 7) is 1.49. The summed E-state index contributed by atoms with van der Waals surface area (Å²) in [5.74, 6) is -1.46. The number of esters is 1. The van der Waals surface area contributed by atoms with E-state index in [0.29, 0.717) is 23.4 Å². The van der Waals surface area contributed by atoms with Crippen LogP contribution in [0.2, 0.25) is 0 Å². The van der Waals surface area contributed by atoms with Crippen molar-refractivity contribution in [3.8, 4) is 11.1 Å². The highest BCUT2D eigenvalue weighted by molar-refractivity contribution is 7.15. The lowest BCUT2D eigenvalue weighted by Crippen LogP contribution is -2.52. The molecule has 9 heteroatoms. The Hall–Kier alpha value is -3.20. The summed E-state index contributed by atoms with van der Waals surface area (Å²) in [7, 11) is 0. The maximum atomic E-state index is 12.6. The molecule has 2 heterocycles. The van der Waals surface area contributed by atoms with Crippen LogP contribution in [0.25, 0.3) is 11.1 Å². The van der Waals surface area contributed by atoms with Gasteiger partial charge in [-0.1, -0.05) is 30.3 Å². The van der Waals surface area contributed by atoms with Crippen LogP contribution >= 0.6 is 11.3 Å². The van der Waals surface area contributed by atoms with Crippen molar-refractivity contribution >= 4 is 40.2 Å². The Morgan fingerprint density at radius 3 is 2.57 bits per heavy atom. The first-order valence-electron chi connectivity index (χ1n) is 9.73. The van der Waals surface area contributed by atoms with Crippen molar-refractivity contribution in [2.24, 2.45) is 0 Å². The number of benzene rings is 1. The smallest absolute Gasteiger partial charge is 0.341 e. The second kappa shape index (κ2) is 7.91. The number of imide groups is 1. The van der Waals surface area contributed by atoms with Crippen molar-refractivity contribution in [1.82, 2.24) is 10.2 Å². The van der Waals surface area contributed by atoms with Gasteiger partial charge in [0.1, 0.15) is 22.6 Å². The molecule has 2 fully saturated rings. The molecule has 30 heavy (non-hydrogen) atoms. The third-order valence-electron chi connectivity index (χ3n) is 5.36. The average molecular weight is 427 g/mol. The lowest BCUT2D eigenvalue weighted by Gasteiger charge is -2.34. The fourth-order valence-corrected chi connectivity index (χ4v) is 4.66. The number of nitrogens with one attached hydrogen (secondary N) is 2.